The van der Waals surface area contributed by atoms with E-state index < -0.39 is 6.04 Å². The second-order valence-electron chi connectivity index (χ2n) is 8.30. The molecule has 0 aliphatic heterocycles. The average molecular weight is 496 g/mol. The Morgan fingerprint density at radius 1 is 1.03 bits per heavy atom. The second kappa shape index (κ2) is 11.9. The van der Waals surface area contributed by atoms with Crippen molar-refractivity contribution in [2.45, 2.75) is 70.5 Å². The Bertz CT molecular complexity index is 924. The lowest BCUT2D eigenvalue weighted by molar-refractivity contribution is -0.141. The number of hydrogen-bond donors (Lipinski definition) is 1. The van der Waals surface area contributed by atoms with Gasteiger partial charge in [-0.1, -0.05) is 79.2 Å². The highest BCUT2D eigenvalue weighted by molar-refractivity contribution is 6.36. The number of benzene rings is 2. The molecule has 0 radical (unpaired) electrons. The van der Waals surface area contributed by atoms with Crippen molar-refractivity contribution >= 4 is 46.6 Å². The number of carbonyl (C=O) groups is 2. The van der Waals surface area contributed by atoms with Gasteiger partial charge in [-0.3, -0.25) is 9.59 Å². The molecule has 7 heteroatoms. The smallest absolute Gasteiger partial charge is 0.243 e. The van der Waals surface area contributed by atoms with E-state index in [0.29, 0.717) is 27.1 Å². The predicted molar refractivity (Wildman–Crippen MR) is 131 cm³/mol. The molecular formula is C25H29Cl3N2O2. The fourth-order valence-electron chi connectivity index (χ4n) is 4.24. The van der Waals surface area contributed by atoms with Crippen LogP contribution in [0.25, 0.3) is 0 Å². The van der Waals surface area contributed by atoms with Crippen molar-refractivity contribution in [3.05, 3.63) is 68.7 Å². The minimum Gasteiger partial charge on any atom is -0.352 e. The molecular weight excluding hydrogens is 467 g/mol. The number of nitrogens with zero attached hydrogens (tertiary/aromatic N) is 1. The number of carbonyl (C=O) groups excluding carboxylic acids is 2. The molecule has 0 unspecified atom stereocenters. The summed E-state index contributed by atoms with van der Waals surface area (Å²) in [5, 5.41) is 4.69. The topological polar surface area (TPSA) is 49.4 Å². The van der Waals surface area contributed by atoms with Crippen molar-refractivity contribution < 1.29 is 9.59 Å². The molecule has 1 saturated carbocycles. The van der Waals surface area contributed by atoms with Gasteiger partial charge in [-0.05, 0) is 49.1 Å². The zero-order valence-corrected chi connectivity index (χ0v) is 20.5. The molecule has 1 aliphatic rings. The molecule has 0 saturated heterocycles. The summed E-state index contributed by atoms with van der Waals surface area (Å²) < 4.78 is 0. The number of amides is 2. The molecule has 2 aromatic carbocycles. The molecule has 4 nitrogen and oxygen atoms in total. The zero-order valence-electron chi connectivity index (χ0n) is 18.3. The summed E-state index contributed by atoms with van der Waals surface area (Å²) in [6, 6.07) is 12.0. The van der Waals surface area contributed by atoms with Gasteiger partial charge in [0.25, 0.3) is 0 Å². The summed E-state index contributed by atoms with van der Waals surface area (Å²) in [4.78, 5) is 28.3. The summed E-state index contributed by atoms with van der Waals surface area (Å²) in [5.74, 6) is -0.295. The van der Waals surface area contributed by atoms with Gasteiger partial charge in [0.1, 0.15) is 6.04 Å². The highest BCUT2D eigenvalue weighted by atomic mass is 35.5. The highest BCUT2D eigenvalue weighted by Gasteiger charge is 2.31. The summed E-state index contributed by atoms with van der Waals surface area (Å²) in [5.41, 5.74) is 1.43. The van der Waals surface area contributed by atoms with E-state index in [1.54, 1.807) is 35.2 Å². The lowest BCUT2D eigenvalue weighted by Gasteiger charge is -2.33. The third kappa shape index (κ3) is 6.63. The van der Waals surface area contributed by atoms with E-state index in [1.165, 1.54) is 6.42 Å². The number of rotatable bonds is 8. The maximum Gasteiger partial charge on any atom is 0.243 e. The molecule has 172 valence electrons. The fraction of sp³-hybridized carbons (Fsp3) is 0.440. The van der Waals surface area contributed by atoms with Crippen LogP contribution in [-0.4, -0.2) is 28.8 Å². The normalized spacial score (nSPS) is 15.2. The summed E-state index contributed by atoms with van der Waals surface area (Å²) in [7, 11) is 0. The Labute approximate surface area is 205 Å². The van der Waals surface area contributed by atoms with Crippen LogP contribution in [0.15, 0.2) is 42.5 Å². The first-order valence-electron chi connectivity index (χ1n) is 11.2. The molecule has 0 bridgehead atoms. The van der Waals surface area contributed by atoms with Gasteiger partial charge in [0.15, 0.2) is 0 Å². The Morgan fingerprint density at radius 3 is 2.31 bits per heavy atom. The van der Waals surface area contributed by atoms with E-state index >= 15 is 0 Å². The van der Waals surface area contributed by atoms with Crippen LogP contribution in [0.1, 0.15) is 56.6 Å². The average Bonchev–Trinajstić information content (AvgIpc) is 2.76. The standard InChI is InChI=1S/C25H29Cl3N2O2/c1-2-23(25(32)29-19-10-4-3-5-11-19)30(16-20-21(27)12-7-13-22(20)28)24(31)15-17-8-6-9-18(26)14-17/h6-9,12-14,19,23H,2-5,10-11,15-16H2,1H3,(H,29,32)/t23-/m0/s1. The van der Waals surface area contributed by atoms with E-state index in [4.69, 9.17) is 34.8 Å². The van der Waals surface area contributed by atoms with Crippen molar-refractivity contribution in [2.75, 3.05) is 0 Å². The zero-order chi connectivity index (χ0) is 23.1. The fourth-order valence-corrected chi connectivity index (χ4v) is 4.97. The molecule has 0 heterocycles. The quantitative estimate of drug-likeness (QED) is 0.458. The Kier molecular flexibility index (Phi) is 9.27. The SMILES string of the molecule is CC[C@@H](C(=O)NC1CCCCC1)N(Cc1c(Cl)cccc1Cl)C(=O)Cc1cccc(Cl)c1. The highest BCUT2D eigenvalue weighted by Crippen LogP contribution is 2.28. The van der Waals surface area contributed by atoms with E-state index in [-0.39, 0.29) is 30.8 Å². The molecule has 0 aromatic heterocycles. The number of halogens is 3. The number of hydrogen-bond acceptors (Lipinski definition) is 2. The van der Waals surface area contributed by atoms with E-state index in [2.05, 4.69) is 5.32 Å². The maximum atomic E-state index is 13.5. The van der Waals surface area contributed by atoms with Gasteiger partial charge in [0.05, 0.1) is 6.42 Å². The molecule has 3 rings (SSSR count). The summed E-state index contributed by atoms with van der Waals surface area (Å²) in [6.45, 7) is 2.08. The van der Waals surface area contributed by atoms with Crippen LogP contribution in [0.2, 0.25) is 15.1 Å². The Hall–Kier alpha value is -1.75. The van der Waals surface area contributed by atoms with Crippen molar-refractivity contribution in [1.29, 1.82) is 0 Å². The van der Waals surface area contributed by atoms with Crippen LogP contribution in [-0.2, 0) is 22.6 Å². The predicted octanol–water partition coefficient (Wildman–Crippen LogP) is 6.45. The lowest BCUT2D eigenvalue weighted by atomic mass is 9.95. The van der Waals surface area contributed by atoms with Crippen LogP contribution in [0, 0.1) is 0 Å². The second-order valence-corrected chi connectivity index (χ2v) is 9.55. The van der Waals surface area contributed by atoms with Gasteiger partial charge in [-0.15, -0.1) is 0 Å². The minimum absolute atomic E-state index is 0.123. The molecule has 0 spiro atoms. The number of nitrogens with one attached hydrogen (secondary N) is 1. The van der Waals surface area contributed by atoms with Gasteiger partial charge in [-0.25, -0.2) is 0 Å². The Morgan fingerprint density at radius 2 is 1.69 bits per heavy atom. The summed E-state index contributed by atoms with van der Waals surface area (Å²) >= 11 is 18.9. The van der Waals surface area contributed by atoms with E-state index in [0.717, 1.165) is 31.2 Å². The first-order valence-corrected chi connectivity index (χ1v) is 12.3. The minimum atomic E-state index is -0.615. The van der Waals surface area contributed by atoms with Crippen molar-refractivity contribution in [3.8, 4) is 0 Å². The maximum absolute atomic E-state index is 13.5. The van der Waals surface area contributed by atoms with E-state index in [1.807, 2.05) is 19.1 Å². The van der Waals surface area contributed by atoms with Crippen LogP contribution in [0.4, 0.5) is 0 Å². The largest absolute Gasteiger partial charge is 0.352 e. The third-order valence-electron chi connectivity index (χ3n) is 5.97. The van der Waals surface area contributed by atoms with Gasteiger partial charge in [0.2, 0.25) is 11.8 Å². The molecule has 32 heavy (non-hydrogen) atoms. The first-order chi connectivity index (χ1) is 15.4. The van der Waals surface area contributed by atoms with Gasteiger partial charge in [0, 0.05) is 33.2 Å². The molecule has 2 amide bonds. The first kappa shape index (κ1) is 24.9. The molecule has 1 N–H and O–H groups in total. The van der Waals surface area contributed by atoms with Crippen molar-refractivity contribution in [2.24, 2.45) is 0 Å². The van der Waals surface area contributed by atoms with Crippen LogP contribution in [0.5, 0.6) is 0 Å². The molecule has 1 fully saturated rings. The van der Waals surface area contributed by atoms with Gasteiger partial charge >= 0.3 is 0 Å². The van der Waals surface area contributed by atoms with Crippen LogP contribution >= 0.6 is 34.8 Å². The monoisotopic (exact) mass is 494 g/mol. The van der Waals surface area contributed by atoms with Crippen molar-refractivity contribution in [3.63, 3.8) is 0 Å². The van der Waals surface area contributed by atoms with Crippen LogP contribution < -0.4 is 5.32 Å². The van der Waals surface area contributed by atoms with E-state index in [9.17, 15) is 9.59 Å². The molecule has 1 atom stereocenters. The summed E-state index contributed by atoms with van der Waals surface area (Å²) in [6.07, 6.45) is 6.03. The van der Waals surface area contributed by atoms with Crippen LogP contribution in [0.3, 0.4) is 0 Å². The van der Waals surface area contributed by atoms with Gasteiger partial charge < -0.3 is 10.2 Å². The Balaban J connectivity index is 1.86. The molecule has 1 aliphatic carbocycles. The van der Waals surface area contributed by atoms with Crippen molar-refractivity contribution in [1.82, 2.24) is 10.2 Å². The third-order valence-corrected chi connectivity index (χ3v) is 6.92. The molecule has 2 aromatic rings. The lowest BCUT2D eigenvalue weighted by Crippen LogP contribution is -2.52. The van der Waals surface area contributed by atoms with Gasteiger partial charge in [-0.2, -0.15) is 0 Å².